The van der Waals surface area contributed by atoms with Crippen molar-refractivity contribution in [2.75, 3.05) is 0 Å². The fraction of sp³-hybridized carbons (Fsp3) is 0.889. The fourth-order valence-corrected chi connectivity index (χ4v) is 0.763. The minimum absolute atomic E-state index is 0. The molecule has 0 aliphatic carbocycles. The van der Waals surface area contributed by atoms with Gasteiger partial charge in [-0.3, -0.25) is 0 Å². The van der Waals surface area contributed by atoms with Gasteiger partial charge in [-0.05, 0) is 0 Å². The molecule has 1 heteroatoms. The first kappa shape index (κ1) is 13.6. The van der Waals surface area contributed by atoms with E-state index in [2.05, 4.69) is 34.1 Å². The molecular weight excluding hydrogens is 131 g/mol. The van der Waals surface area contributed by atoms with Crippen LogP contribution in [0.1, 0.15) is 40.5 Å². The van der Waals surface area contributed by atoms with E-state index < -0.39 is 0 Å². The topological polar surface area (TPSA) is 0 Å². The Hall–Kier alpha value is 1.00. The molecule has 0 saturated heterocycles. The third-order valence-corrected chi connectivity index (χ3v) is 1.28. The molecule has 0 rings (SSSR count). The summed E-state index contributed by atoms with van der Waals surface area (Å²) in [6.07, 6.45) is 4.95. The predicted molar refractivity (Wildman–Crippen MR) is 43.2 cm³/mol. The first-order valence-corrected chi connectivity index (χ1v) is 3.94. The van der Waals surface area contributed by atoms with Crippen LogP contribution in [0.25, 0.3) is 0 Å². The van der Waals surface area contributed by atoms with Crippen LogP contribution in [0.4, 0.5) is 0 Å². The standard InChI is InChI=1S/C9H19.Na/c1-8(2)6-5-7-9(3)4;/h5,8-9H,6-7H2,1-4H3;/q-1;+1. The normalized spacial score (nSPS) is 10.2. The van der Waals surface area contributed by atoms with E-state index in [1.165, 1.54) is 12.8 Å². The van der Waals surface area contributed by atoms with Gasteiger partial charge >= 0.3 is 29.6 Å². The molecule has 0 aliphatic heterocycles. The molecular formula is C9H19Na. The number of rotatable bonds is 4. The summed E-state index contributed by atoms with van der Waals surface area (Å²) >= 11 is 0. The van der Waals surface area contributed by atoms with Crippen molar-refractivity contribution in [2.24, 2.45) is 11.8 Å². The minimum atomic E-state index is 0. The maximum atomic E-state index is 2.40. The van der Waals surface area contributed by atoms with E-state index in [1.54, 1.807) is 0 Å². The molecule has 56 valence electrons. The molecule has 0 saturated carbocycles. The Bertz CT molecular complexity index is 49.7. The molecule has 0 unspecified atom stereocenters. The average Bonchev–Trinajstić information content (AvgIpc) is 1.63. The molecule has 0 bridgehead atoms. The first-order chi connectivity index (χ1) is 4.13. The number of hydrogen-bond donors (Lipinski definition) is 0. The molecule has 0 nitrogen and oxygen atoms in total. The first-order valence-electron chi connectivity index (χ1n) is 3.94. The third-order valence-electron chi connectivity index (χ3n) is 1.28. The summed E-state index contributed by atoms with van der Waals surface area (Å²) in [5.74, 6) is 1.67. The zero-order valence-electron chi connectivity index (χ0n) is 8.15. The zero-order chi connectivity index (χ0) is 7.28. The van der Waals surface area contributed by atoms with E-state index in [1.807, 2.05) is 0 Å². The van der Waals surface area contributed by atoms with Crippen molar-refractivity contribution in [1.82, 2.24) is 0 Å². The van der Waals surface area contributed by atoms with Crippen LogP contribution in [0, 0.1) is 18.3 Å². The SMILES string of the molecule is CC(C)C[CH-]CC(C)C.[Na+]. The van der Waals surface area contributed by atoms with E-state index >= 15 is 0 Å². The van der Waals surface area contributed by atoms with Crippen molar-refractivity contribution in [3.63, 3.8) is 0 Å². The van der Waals surface area contributed by atoms with Gasteiger partial charge in [-0.1, -0.05) is 39.5 Å². The Morgan fingerprint density at radius 2 is 1.20 bits per heavy atom. The Kier molecular flexibility index (Phi) is 11.0. The Labute approximate surface area is 88.1 Å². The van der Waals surface area contributed by atoms with Crippen molar-refractivity contribution < 1.29 is 29.6 Å². The van der Waals surface area contributed by atoms with Crippen LogP contribution in [0.5, 0.6) is 0 Å². The van der Waals surface area contributed by atoms with E-state index in [-0.39, 0.29) is 29.6 Å². The van der Waals surface area contributed by atoms with Crippen molar-refractivity contribution in [1.29, 1.82) is 0 Å². The van der Waals surface area contributed by atoms with Crippen LogP contribution in [-0.2, 0) is 0 Å². The van der Waals surface area contributed by atoms with Crippen LogP contribution in [0.15, 0.2) is 0 Å². The maximum absolute atomic E-state index is 2.40. The molecule has 0 aromatic rings. The van der Waals surface area contributed by atoms with Gasteiger partial charge in [0.25, 0.3) is 0 Å². The van der Waals surface area contributed by atoms with Gasteiger partial charge in [-0.25, -0.2) is 0 Å². The van der Waals surface area contributed by atoms with Crippen LogP contribution in [-0.4, -0.2) is 0 Å². The van der Waals surface area contributed by atoms with Crippen LogP contribution < -0.4 is 29.6 Å². The van der Waals surface area contributed by atoms with Crippen LogP contribution in [0.2, 0.25) is 0 Å². The molecule has 0 aromatic carbocycles. The van der Waals surface area contributed by atoms with Gasteiger partial charge in [-0.2, -0.15) is 12.8 Å². The zero-order valence-corrected chi connectivity index (χ0v) is 10.1. The van der Waals surface area contributed by atoms with Crippen molar-refractivity contribution in [2.45, 2.75) is 40.5 Å². The summed E-state index contributed by atoms with van der Waals surface area (Å²) in [4.78, 5) is 0. The predicted octanol–water partition coefficient (Wildman–Crippen LogP) is 0.287. The van der Waals surface area contributed by atoms with Gasteiger partial charge in [0.1, 0.15) is 0 Å². The second-order valence-electron chi connectivity index (χ2n) is 3.55. The van der Waals surface area contributed by atoms with Gasteiger partial charge in [-0.15, -0.1) is 0 Å². The molecule has 0 amide bonds. The molecule has 0 spiro atoms. The molecule has 0 aliphatic rings. The van der Waals surface area contributed by atoms with E-state index in [0.29, 0.717) is 0 Å². The molecule has 0 fully saturated rings. The molecule has 0 aromatic heterocycles. The van der Waals surface area contributed by atoms with Gasteiger partial charge in [0.2, 0.25) is 0 Å². The summed E-state index contributed by atoms with van der Waals surface area (Å²) < 4.78 is 0. The maximum Gasteiger partial charge on any atom is 1.00 e. The fourth-order valence-electron chi connectivity index (χ4n) is 0.763. The van der Waals surface area contributed by atoms with E-state index in [9.17, 15) is 0 Å². The van der Waals surface area contributed by atoms with Crippen molar-refractivity contribution in [3.05, 3.63) is 6.42 Å². The minimum Gasteiger partial charge on any atom is -0.328 e. The quantitative estimate of drug-likeness (QED) is 0.399. The summed E-state index contributed by atoms with van der Waals surface area (Å²) in [7, 11) is 0. The van der Waals surface area contributed by atoms with E-state index in [4.69, 9.17) is 0 Å². The Balaban J connectivity index is 0. The molecule has 0 N–H and O–H groups in total. The molecule has 0 atom stereocenters. The molecule has 10 heavy (non-hydrogen) atoms. The average molecular weight is 150 g/mol. The molecule has 0 radical (unpaired) electrons. The van der Waals surface area contributed by atoms with Crippen LogP contribution >= 0.6 is 0 Å². The summed E-state index contributed by atoms with van der Waals surface area (Å²) in [5, 5.41) is 0. The Morgan fingerprint density at radius 1 is 0.900 bits per heavy atom. The smallest absolute Gasteiger partial charge is 0.328 e. The number of hydrogen-bond acceptors (Lipinski definition) is 0. The van der Waals surface area contributed by atoms with Crippen molar-refractivity contribution >= 4 is 0 Å². The Morgan fingerprint density at radius 3 is 1.40 bits per heavy atom. The van der Waals surface area contributed by atoms with Gasteiger partial charge in [0.15, 0.2) is 0 Å². The summed E-state index contributed by atoms with van der Waals surface area (Å²) in [6, 6.07) is 0. The van der Waals surface area contributed by atoms with Crippen LogP contribution in [0.3, 0.4) is 0 Å². The molecule has 0 heterocycles. The second kappa shape index (κ2) is 8.10. The van der Waals surface area contributed by atoms with Gasteiger partial charge in [0, 0.05) is 0 Å². The van der Waals surface area contributed by atoms with Gasteiger partial charge < -0.3 is 6.42 Å². The van der Waals surface area contributed by atoms with Gasteiger partial charge in [0.05, 0.1) is 0 Å². The third kappa shape index (κ3) is 11.8. The van der Waals surface area contributed by atoms with Crippen molar-refractivity contribution in [3.8, 4) is 0 Å². The summed E-state index contributed by atoms with van der Waals surface area (Å²) in [6.45, 7) is 9.04. The summed E-state index contributed by atoms with van der Waals surface area (Å²) in [5.41, 5.74) is 0. The van der Waals surface area contributed by atoms with E-state index in [0.717, 1.165) is 11.8 Å². The monoisotopic (exact) mass is 150 g/mol. The second-order valence-corrected chi connectivity index (χ2v) is 3.55. The largest absolute Gasteiger partial charge is 1.00 e.